The van der Waals surface area contributed by atoms with Gasteiger partial charge in [-0.1, -0.05) is 84.9 Å². The van der Waals surface area contributed by atoms with Gasteiger partial charge in [0.2, 0.25) is 0 Å². The molecule has 0 spiro atoms. The lowest BCUT2D eigenvalue weighted by Crippen LogP contribution is -2.10. The molecule has 0 saturated carbocycles. The number of hydrogen-bond donors (Lipinski definition) is 0. The van der Waals surface area contributed by atoms with Gasteiger partial charge in [-0.15, -0.1) is 11.3 Å². The van der Waals surface area contributed by atoms with E-state index in [1.165, 1.54) is 47.4 Å². The van der Waals surface area contributed by atoms with E-state index in [4.69, 9.17) is 4.42 Å². The van der Waals surface area contributed by atoms with Crippen LogP contribution in [0.2, 0.25) is 0 Å². The number of thiophene rings is 1. The molecule has 0 N–H and O–H groups in total. The maximum Gasteiger partial charge on any atom is 0.136 e. The van der Waals surface area contributed by atoms with Crippen LogP contribution in [0.3, 0.4) is 0 Å². The van der Waals surface area contributed by atoms with Crippen LogP contribution in [0, 0.1) is 0 Å². The second kappa shape index (κ2) is 10.6. The Bertz CT molecular complexity index is 3110. The normalized spacial score (nSPS) is 12.0. The third-order valence-electron chi connectivity index (χ3n) is 10.1. The summed E-state index contributed by atoms with van der Waals surface area (Å²) in [5, 5.41) is 9.62. The molecule has 0 bridgehead atoms. The molecular weight excluding hydrogens is 629 g/mol. The van der Waals surface area contributed by atoms with Gasteiger partial charge in [0.05, 0.1) is 16.7 Å². The molecule has 11 aromatic rings. The Morgan fingerprint density at radius 1 is 0.440 bits per heavy atom. The van der Waals surface area contributed by atoms with Crippen molar-refractivity contribution in [1.29, 1.82) is 0 Å². The maximum atomic E-state index is 6.35. The van der Waals surface area contributed by atoms with Gasteiger partial charge in [0, 0.05) is 58.8 Å². The zero-order valence-electron chi connectivity index (χ0n) is 26.9. The molecule has 0 unspecified atom stereocenters. The lowest BCUT2D eigenvalue weighted by Gasteiger charge is -2.27. The highest BCUT2D eigenvalue weighted by Crippen LogP contribution is 2.46. The van der Waals surface area contributed by atoms with Crippen molar-refractivity contribution in [3.8, 4) is 5.69 Å². The Morgan fingerprint density at radius 2 is 1.16 bits per heavy atom. The molecule has 0 aliphatic rings. The van der Waals surface area contributed by atoms with Crippen LogP contribution in [-0.4, -0.2) is 4.57 Å². The van der Waals surface area contributed by atoms with Crippen molar-refractivity contribution in [3.05, 3.63) is 170 Å². The standard InChI is InChI=1S/C46H28N2OS/c1-2-11-31(12-3-1)48-39-16-7-4-15-36(39)46-40(17-10-18-41(46)48)47(33-23-24-45-38(28-33)35-14-6-9-20-44(35)50-45)32-22-21-29-26-37-34-13-5-8-19-42(34)49-43(37)27-30(29)25-32/h1-28H. The highest BCUT2D eigenvalue weighted by molar-refractivity contribution is 7.25. The van der Waals surface area contributed by atoms with Crippen LogP contribution < -0.4 is 4.90 Å². The Morgan fingerprint density at radius 3 is 2.08 bits per heavy atom. The topological polar surface area (TPSA) is 21.3 Å². The minimum atomic E-state index is 0.904. The summed E-state index contributed by atoms with van der Waals surface area (Å²) in [5.74, 6) is 0. The molecule has 8 aromatic carbocycles. The van der Waals surface area contributed by atoms with Crippen molar-refractivity contribution < 1.29 is 4.42 Å². The van der Waals surface area contributed by atoms with Gasteiger partial charge >= 0.3 is 0 Å². The molecule has 0 radical (unpaired) electrons. The molecule has 0 aliphatic carbocycles. The minimum Gasteiger partial charge on any atom is -0.456 e. The third-order valence-corrected chi connectivity index (χ3v) is 11.3. The lowest BCUT2D eigenvalue weighted by molar-refractivity contribution is 0.669. The van der Waals surface area contributed by atoms with Gasteiger partial charge in [-0.2, -0.15) is 0 Å². The summed E-state index contributed by atoms with van der Waals surface area (Å²) < 4.78 is 11.3. The van der Waals surface area contributed by atoms with Crippen molar-refractivity contribution in [2.75, 3.05) is 4.90 Å². The van der Waals surface area contributed by atoms with Crippen LogP contribution in [-0.2, 0) is 0 Å². The van der Waals surface area contributed by atoms with E-state index in [9.17, 15) is 0 Å². The molecule has 0 saturated heterocycles. The van der Waals surface area contributed by atoms with Crippen LogP contribution in [0.4, 0.5) is 17.1 Å². The highest BCUT2D eigenvalue weighted by atomic mass is 32.1. The Hall–Kier alpha value is -6.36. The number of nitrogens with zero attached hydrogens (tertiary/aromatic N) is 2. The summed E-state index contributed by atoms with van der Waals surface area (Å²) in [5.41, 5.74) is 8.67. The quantitative estimate of drug-likeness (QED) is 0.188. The Kier molecular flexibility index (Phi) is 5.83. The van der Waals surface area contributed by atoms with E-state index in [-0.39, 0.29) is 0 Å². The van der Waals surface area contributed by atoms with Gasteiger partial charge in [-0.05, 0) is 95.7 Å². The molecule has 3 aromatic heterocycles. The number of furan rings is 1. The molecule has 0 fully saturated rings. The second-order valence-corrected chi connectivity index (χ2v) is 14.0. The van der Waals surface area contributed by atoms with Crippen LogP contribution in [0.1, 0.15) is 0 Å². The fourth-order valence-corrected chi connectivity index (χ4v) is 9.00. The zero-order valence-corrected chi connectivity index (χ0v) is 27.7. The number of hydrogen-bond acceptors (Lipinski definition) is 3. The van der Waals surface area contributed by atoms with E-state index in [1.54, 1.807) is 0 Å². The van der Waals surface area contributed by atoms with Crippen LogP contribution in [0.15, 0.2) is 174 Å². The summed E-state index contributed by atoms with van der Waals surface area (Å²) in [6.07, 6.45) is 0. The number of aromatic nitrogens is 1. The van der Waals surface area contributed by atoms with E-state index < -0.39 is 0 Å². The first kappa shape index (κ1) is 27.6. The summed E-state index contributed by atoms with van der Waals surface area (Å²) in [4.78, 5) is 2.44. The molecule has 4 heteroatoms. The van der Waals surface area contributed by atoms with E-state index >= 15 is 0 Å². The van der Waals surface area contributed by atoms with Crippen molar-refractivity contribution in [2.24, 2.45) is 0 Å². The van der Waals surface area contributed by atoms with Crippen molar-refractivity contribution >= 4 is 103 Å². The Labute approximate surface area is 291 Å². The smallest absolute Gasteiger partial charge is 0.136 e. The fourth-order valence-electron chi connectivity index (χ4n) is 7.92. The van der Waals surface area contributed by atoms with Crippen LogP contribution in [0.25, 0.3) is 80.4 Å². The molecular formula is C46H28N2OS. The van der Waals surface area contributed by atoms with E-state index in [1.807, 2.05) is 23.5 Å². The number of benzene rings is 8. The molecule has 234 valence electrons. The molecule has 0 atom stereocenters. The maximum absolute atomic E-state index is 6.35. The molecule has 50 heavy (non-hydrogen) atoms. The van der Waals surface area contributed by atoms with Gasteiger partial charge in [0.1, 0.15) is 11.2 Å². The van der Waals surface area contributed by atoms with Crippen molar-refractivity contribution in [1.82, 2.24) is 4.57 Å². The zero-order chi connectivity index (χ0) is 32.8. The summed E-state index contributed by atoms with van der Waals surface area (Å²) >= 11 is 1.85. The van der Waals surface area contributed by atoms with Gasteiger partial charge in [0.15, 0.2) is 0 Å². The van der Waals surface area contributed by atoms with Gasteiger partial charge in [-0.25, -0.2) is 0 Å². The largest absolute Gasteiger partial charge is 0.456 e. The van der Waals surface area contributed by atoms with Gasteiger partial charge < -0.3 is 13.9 Å². The minimum absolute atomic E-state index is 0.904. The summed E-state index contributed by atoms with van der Waals surface area (Å²) in [7, 11) is 0. The van der Waals surface area contributed by atoms with E-state index in [0.29, 0.717) is 0 Å². The summed E-state index contributed by atoms with van der Waals surface area (Å²) in [6, 6.07) is 61.4. The molecule has 0 amide bonds. The van der Waals surface area contributed by atoms with Crippen molar-refractivity contribution in [2.45, 2.75) is 0 Å². The highest BCUT2D eigenvalue weighted by Gasteiger charge is 2.22. The first-order valence-electron chi connectivity index (χ1n) is 16.9. The Balaban J connectivity index is 1.21. The number of rotatable bonds is 4. The summed E-state index contributed by atoms with van der Waals surface area (Å²) in [6.45, 7) is 0. The number of para-hydroxylation sites is 3. The van der Waals surface area contributed by atoms with Gasteiger partial charge in [0.25, 0.3) is 0 Å². The average molecular weight is 657 g/mol. The lowest BCUT2D eigenvalue weighted by atomic mass is 10.0. The van der Waals surface area contributed by atoms with Gasteiger partial charge in [-0.3, -0.25) is 0 Å². The van der Waals surface area contributed by atoms with Crippen molar-refractivity contribution in [3.63, 3.8) is 0 Å². The monoisotopic (exact) mass is 656 g/mol. The predicted octanol–water partition coefficient (Wildman–Crippen LogP) is 13.7. The van der Waals surface area contributed by atoms with Crippen LogP contribution in [0.5, 0.6) is 0 Å². The number of fused-ring (bicyclic) bond motifs is 10. The first-order chi connectivity index (χ1) is 24.8. The predicted molar refractivity (Wildman–Crippen MR) is 213 cm³/mol. The molecule has 11 rings (SSSR count). The third kappa shape index (κ3) is 4.03. The van der Waals surface area contributed by atoms with E-state index in [0.717, 1.165) is 50.1 Å². The first-order valence-corrected chi connectivity index (χ1v) is 17.7. The fraction of sp³-hybridized carbons (Fsp3) is 0. The SMILES string of the molecule is c1ccc(-n2c3ccccc3c3c(N(c4ccc5cc6c(cc5c4)oc4ccccc46)c4ccc5sc6ccccc6c5c4)cccc32)cc1. The molecule has 3 nitrogen and oxygen atoms in total. The van der Waals surface area contributed by atoms with E-state index in [2.05, 4.69) is 167 Å². The average Bonchev–Trinajstić information content (AvgIpc) is 3.84. The second-order valence-electron chi connectivity index (χ2n) is 13.0. The number of anilines is 3. The van der Waals surface area contributed by atoms with Crippen LogP contribution >= 0.6 is 11.3 Å². The molecule has 3 heterocycles. The molecule has 0 aliphatic heterocycles.